The Kier molecular flexibility index (Phi) is 4.67. The van der Waals surface area contributed by atoms with E-state index in [-0.39, 0.29) is 17.7 Å². The second-order valence-corrected chi connectivity index (χ2v) is 4.71. The molecule has 0 N–H and O–H groups in total. The highest BCUT2D eigenvalue weighted by Gasteiger charge is 2.22. The van der Waals surface area contributed by atoms with E-state index in [0.717, 1.165) is 5.56 Å². The second-order valence-electron chi connectivity index (χ2n) is 4.71. The molecule has 0 aromatic heterocycles. The average Bonchev–Trinajstić information content (AvgIpc) is 2.28. The van der Waals surface area contributed by atoms with Crippen LogP contribution in [0.5, 0.6) is 0 Å². The minimum atomic E-state index is -0.306. The molecule has 3 heteroatoms. The number of ether oxygens (including phenoxy) is 1. The molecule has 1 atom stereocenters. The minimum Gasteiger partial charge on any atom is -0.469 e. The zero-order valence-corrected chi connectivity index (χ0v) is 10.8. The van der Waals surface area contributed by atoms with Crippen LogP contribution in [0.2, 0.25) is 0 Å². The number of aryl methyl sites for hydroxylation is 1. The van der Waals surface area contributed by atoms with E-state index in [1.165, 1.54) is 13.2 Å². The summed E-state index contributed by atoms with van der Waals surface area (Å²) in [4.78, 5) is 11.7. The van der Waals surface area contributed by atoms with Crippen LogP contribution >= 0.6 is 0 Å². The Labute approximate surface area is 102 Å². The number of hydrogen-bond donors (Lipinski definition) is 0. The summed E-state index contributed by atoms with van der Waals surface area (Å²) >= 11 is 0. The maximum absolute atomic E-state index is 13.2. The van der Waals surface area contributed by atoms with Gasteiger partial charge in [-0.05, 0) is 36.5 Å². The van der Waals surface area contributed by atoms with Gasteiger partial charge in [-0.15, -0.1) is 0 Å². The molecule has 0 amide bonds. The van der Waals surface area contributed by atoms with Crippen LogP contribution in [0.15, 0.2) is 18.2 Å². The predicted molar refractivity (Wildman–Crippen MR) is 65.3 cm³/mol. The maximum atomic E-state index is 13.2. The van der Waals surface area contributed by atoms with Crippen molar-refractivity contribution < 1.29 is 13.9 Å². The predicted octanol–water partition coefficient (Wildman–Crippen LogP) is 3.44. The van der Waals surface area contributed by atoms with E-state index in [9.17, 15) is 9.18 Å². The number of carbonyl (C=O) groups is 1. The first-order valence-electron chi connectivity index (χ1n) is 5.79. The van der Waals surface area contributed by atoms with Gasteiger partial charge in [0.1, 0.15) is 5.82 Å². The van der Waals surface area contributed by atoms with Crippen molar-refractivity contribution in [2.45, 2.75) is 33.1 Å². The summed E-state index contributed by atoms with van der Waals surface area (Å²) in [6, 6.07) is 4.78. The fourth-order valence-corrected chi connectivity index (χ4v) is 1.87. The maximum Gasteiger partial charge on any atom is 0.313 e. The molecule has 1 aromatic carbocycles. The SMILES string of the molecule is COC(=O)C(CC(C)C)c1ccc(F)c(C)c1. The lowest BCUT2D eigenvalue weighted by Crippen LogP contribution is -2.16. The molecule has 17 heavy (non-hydrogen) atoms. The van der Waals surface area contributed by atoms with Crippen molar-refractivity contribution in [2.24, 2.45) is 5.92 Å². The summed E-state index contributed by atoms with van der Waals surface area (Å²) < 4.78 is 18.0. The Morgan fingerprint density at radius 3 is 2.53 bits per heavy atom. The molecule has 0 aliphatic heterocycles. The van der Waals surface area contributed by atoms with Gasteiger partial charge in [0.05, 0.1) is 13.0 Å². The van der Waals surface area contributed by atoms with E-state index in [0.29, 0.717) is 17.9 Å². The molecule has 1 aromatic rings. The molecule has 0 spiro atoms. The first-order chi connectivity index (χ1) is 7.95. The van der Waals surface area contributed by atoms with Gasteiger partial charge in [-0.25, -0.2) is 4.39 Å². The second kappa shape index (κ2) is 5.80. The lowest BCUT2D eigenvalue weighted by atomic mass is 9.89. The van der Waals surface area contributed by atoms with Crippen LogP contribution in [0.4, 0.5) is 4.39 Å². The molecule has 0 heterocycles. The molecule has 0 aliphatic rings. The zero-order valence-electron chi connectivity index (χ0n) is 10.8. The van der Waals surface area contributed by atoms with E-state index in [4.69, 9.17) is 4.74 Å². The minimum absolute atomic E-state index is 0.248. The fourth-order valence-electron chi connectivity index (χ4n) is 1.87. The molecule has 0 fully saturated rings. The van der Waals surface area contributed by atoms with Crippen molar-refractivity contribution in [1.82, 2.24) is 0 Å². The highest BCUT2D eigenvalue weighted by Crippen LogP contribution is 2.26. The van der Waals surface area contributed by atoms with Crippen LogP contribution in [0, 0.1) is 18.7 Å². The van der Waals surface area contributed by atoms with Crippen LogP contribution < -0.4 is 0 Å². The first kappa shape index (κ1) is 13.7. The lowest BCUT2D eigenvalue weighted by molar-refractivity contribution is -0.142. The third kappa shape index (κ3) is 3.55. The molecule has 0 aliphatic carbocycles. The summed E-state index contributed by atoms with van der Waals surface area (Å²) in [5, 5.41) is 0. The summed E-state index contributed by atoms with van der Waals surface area (Å²) in [7, 11) is 1.38. The van der Waals surface area contributed by atoms with Crippen molar-refractivity contribution in [3.63, 3.8) is 0 Å². The van der Waals surface area contributed by atoms with Gasteiger partial charge in [-0.1, -0.05) is 26.0 Å². The largest absolute Gasteiger partial charge is 0.469 e. The van der Waals surface area contributed by atoms with Gasteiger partial charge >= 0.3 is 5.97 Å². The standard InChI is InChI=1S/C14H19FO2/c1-9(2)7-12(14(16)17-4)11-5-6-13(15)10(3)8-11/h5-6,8-9,12H,7H2,1-4H3. The summed E-state index contributed by atoms with van der Waals surface area (Å²) in [5.74, 6) is -0.435. The quantitative estimate of drug-likeness (QED) is 0.751. The Morgan fingerprint density at radius 1 is 1.41 bits per heavy atom. The lowest BCUT2D eigenvalue weighted by Gasteiger charge is -2.17. The Hall–Kier alpha value is -1.38. The van der Waals surface area contributed by atoms with Gasteiger partial charge in [0, 0.05) is 0 Å². The molecule has 1 rings (SSSR count). The van der Waals surface area contributed by atoms with E-state index >= 15 is 0 Å². The molecule has 0 bridgehead atoms. The van der Waals surface area contributed by atoms with E-state index in [1.54, 1.807) is 19.1 Å². The number of hydrogen-bond acceptors (Lipinski definition) is 2. The number of esters is 1. The highest BCUT2D eigenvalue weighted by molar-refractivity contribution is 5.78. The third-order valence-corrected chi connectivity index (χ3v) is 2.78. The van der Waals surface area contributed by atoms with Gasteiger partial charge in [0.25, 0.3) is 0 Å². The Balaban J connectivity index is 3.03. The molecule has 94 valence electrons. The van der Waals surface area contributed by atoms with E-state index < -0.39 is 0 Å². The van der Waals surface area contributed by atoms with Crippen molar-refractivity contribution in [3.8, 4) is 0 Å². The van der Waals surface area contributed by atoms with Crippen molar-refractivity contribution in [3.05, 3.63) is 35.1 Å². The summed E-state index contributed by atoms with van der Waals surface area (Å²) in [6.07, 6.45) is 0.706. The average molecular weight is 238 g/mol. The first-order valence-corrected chi connectivity index (χ1v) is 5.79. The van der Waals surface area contributed by atoms with Crippen molar-refractivity contribution in [1.29, 1.82) is 0 Å². The van der Waals surface area contributed by atoms with Crippen molar-refractivity contribution in [2.75, 3.05) is 7.11 Å². The normalized spacial score (nSPS) is 12.6. The van der Waals surface area contributed by atoms with Crippen LogP contribution in [-0.2, 0) is 9.53 Å². The highest BCUT2D eigenvalue weighted by atomic mass is 19.1. The Morgan fingerprint density at radius 2 is 2.06 bits per heavy atom. The third-order valence-electron chi connectivity index (χ3n) is 2.78. The zero-order chi connectivity index (χ0) is 13.0. The molecular weight excluding hydrogens is 219 g/mol. The number of rotatable bonds is 4. The van der Waals surface area contributed by atoms with Crippen molar-refractivity contribution >= 4 is 5.97 Å². The molecule has 0 saturated carbocycles. The number of benzene rings is 1. The fraction of sp³-hybridized carbons (Fsp3) is 0.500. The summed E-state index contributed by atoms with van der Waals surface area (Å²) in [6.45, 7) is 5.79. The Bertz CT molecular complexity index is 399. The smallest absolute Gasteiger partial charge is 0.313 e. The van der Waals surface area contributed by atoms with Crippen LogP contribution in [0.1, 0.15) is 37.3 Å². The van der Waals surface area contributed by atoms with Crippen LogP contribution in [0.25, 0.3) is 0 Å². The van der Waals surface area contributed by atoms with Gasteiger partial charge in [-0.3, -0.25) is 4.79 Å². The number of methoxy groups -OCH3 is 1. The van der Waals surface area contributed by atoms with Crippen LogP contribution in [0.3, 0.4) is 0 Å². The summed E-state index contributed by atoms with van der Waals surface area (Å²) in [5.41, 5.74) is 1.38. The van der Waals surface area contributed by atoms with Gasteiger partial charge in [0.15, 0.2) is 0 Å². The molecule has 0 radical (unpaired) electrons. The van der Waals surface area contributed by atoms with E-state index in [1.807, 2.05) is 13.8 Å². The van der Waals surface area contributed by atoms with E-state index in [2.05, 4.69) is 0 Å². The molecule has 1 unspecified atom stereocenters. The molecular formula is C14H19FO2. The molecule has 2 nitrogen and oxygen atoms in total. The number of halogens is 1. The van der Waals surface area contributed by atoms with Gasteiger partial charge in [-0.2, -0.15) is 0 Å². The molecule has 0 saturated heterocycles. The topological polar surface area (TPSA) is 26.3 Å². The number of carbonyl (C=O) groups excluding carboxylic acids is 1. The van der Waals surface area contributed by atoms with Crippen LogP contribution in [-0.4, -0.2) is 13.1 Å². The monoisotopic (exact) mass is 238 g/mol. The van der Waals surface area contributed by atoms with Gasteiger partial charge < -0.3 is 4.74 Å². The van der Waals surface area contributed by atoms with Gasteiger partial charge in [0.2, 0.25) is 0 Å².